The van der Waals surface area contributed by atoms with E-state index in [1.165, 1.54) is 50.0 Å². The van der Waals surface area contributed by atoms with Crippen molar-refractivity contribution in [2.45, 2.75) is 32.3 Å². The lowest BCUT2D eigenvalue weighted by atomic mass is 10.0. The molecule has 2 aromatic carbocycles. The molecule has 1 N–H and O–H groups in total. The highest BCUT2D eigenvalue weighted by atomic mass is 16.5. The molecule has 1 saturated heterocycles. The summed E-state index contributed by atoms with van der Waals surface area (Å²) in [7, 11) is 2.08. The molecule has 0 radical (unpaired) electrons. The Morgan fingerprint density at radius 3 is 2.73 bits per heavy atom. The third kappa shape index (κ3) is 7.28. The second-order valence-electron chi connectivity index (χ2n) is 9.89. The molecule has 6 rings (SSSR count). The Hall–Kier alpha value is -3.48. The van der Waals surface area contributed by atoms with Gasteiger partial charge in [-0.2, -0.15) is 0 Å². The van der Waals surface area contributed by atoms with Crippen molar-refractivity contribution in [3.63, 3.8) is 0 Å². The second-order valence-corrected chi connectivity index (χ2v) is 9.89. The summed E-state index contributed by atoms with van der Waals surface area (Å²) >= 11 is 0. The number of nitrogens with one attached hydrogen (secondary N) is 1. The number of nitrogens with zero attached hydrogens (tertiary/aromatic N) is 4. The summed E-state index contributed by atoms with van der Waals surface area (Å²) in [4.78, 5) is 14.0. The summed E-state index contributed by atoms with van der Waals surface area (Å²) in [6.07, 6.45) is 15.2. The fourth-order valence-corrected chi connectivity index (χ4v) is 4.88. The zero-order valence-electron chi connectivity index (χ0n) is 21.8. The Kier molecular flexibility index (Phi) is 8.62. The first-order valence-corrected chi connectivity index (χ1v) is 13.4. The minimum atomic E-state index is 0.585. The second kappa shape index (κ2) is 12.7. The van der Waals surface area contributed by atoms with E-state index in [2.05, 4.69) is 94.0 Å². The van der Waals surface area contributed by atoms with Crippen LogP contribution in [-0.2, 0) is 17.8 Å². The van der Waals surface area contributed by atoms with E-state index in [1.807, 2.05) is 12.3 Å². The van der Waals surface area contributed by atoms with E-state index in [-0.39, 0.29) is 0 Å². The van der Waals surface area contributed by atoms with Gasteiger partial charge in [-0.3, -0.25) is 0 Å². The number of likely N-dealkylation sites (tertiary alicyclic amines) is 1. The van der Waals surface area contributed by atoms with E-state index in [0.29, 0.717) is 19.2 Å². The largest absolute Gasteiger partial charge is 0.377 e. The van der Waals surface area contributed by atoms with Crippen LogP contribution in [0.25, 0.3) is 17.3 Å². The molecule has 3 aliphatic heterocycles. The number of rotatable bonds is 4. The van der Waals surface area contributed by atoms with Crippen LogP contribution < -0.4 is 5.32 Å². The molecule has 3 aliphatic rings. The first kappa shape index (κ1) is 25.2. The molecule has 0 saturated carbocycles. The molecule has 3 aromatic rings. The Morgan fingerprint density at radius 2 is 1.86 bits per heavy atom. The van der Waals surface area contributed by atoms with E-state index in [0.717, 1.165) is 35.5 Å². The van der Waals surface area contributed by atoms with Gasteiger partial charge in [-0.05, 0) is 92.5 Å². The van der Waals surface area contributed by atoms with Crippen LogP contribution in [-0.4, -0.2) is 59.6 Å². The molecular formula is C31H37N5O. The number of benzene rings is 2. The predicted molar refractivity (Wildman–Crippen MR) is 152 cm³/mol. The summed E-state index contributed by atoms with van der Waals surface area (Å²) in [5.74, 6) is 0.592. The van der Waals surface area contributed by atoms with E-state index in [1.54, 1.807) is 0 Å². The van der Waals surface area contributed by atoms with Crippen molar-refractivity contribution in [3.05, 3.63) is 89.8 Å². The van der Waals surface area contributed by atoms with Crippen LogP contribution in [0.5, 0.6) is 0 Å². The number of hydrogen-bond acceptors (Lipinski definition) is 6. The normalized spacial score (nSPS) is 18.4. The highest BCUT2D eigenvalue weighted by Crippen LogP contribution is 2.24. The average Bonchev–Trinajstić information content (AvgIpc) is 3.44. The van der Waals surface area contributed by atoms with Gasteiger partial charge in [0.25, 0.3) is 0 Å². The Bertz CT molecular complexity index is 1210. The Labute approximate surface area is 220 Å². The number of likely N-dealkylation sites (N-methyl/N-ethyl adjacent to an activating group) is 1. The summed E-state index contributed by atoms with van der Waals surface area (Å²) in [6, 6.07) is 17.0. The molecule has 1 aromatic heterocycles. The van der Waals surface area contributed by atoms with E-state index in [4.69, 9.17) is 9.72 Å². The van der Waals surface area contributed by atoms with Gasteiger partial charge in [-0.25, -0.2) is 9.97 Å². The van der Waals surface area contributed by atoms with Gasteiger partial charge in [0, 0.05) is 31.0 Å². The zero-order valence-corrected chi connectivity index (χ0v) is 21.8. The van der Waals surface area contributed by atoms with Gasteiger partial charge in [0.2, 0.25) is 5.95 Å². The molecule has 0 unspecified atom stereocenters. The lowest BCUT2D eigenvalue weighted by Gasteiger charge is -2.16. The number of anilines is 2. The van der Waals surface area contributed by atoms with Crippen LogP contribution in [0.2, 0.25) is 0 Å². The quantitative estimate of drug-likeness (QED) is 0.455. The van der Waals surface area contributed by atoms with Crippen molar-refractivity contribution in [2.24, 2.45) is 0 Å². The van der Waals surface area contributed by atoms with Gasteiger partial charge in [0.1, 0.15) is 0 Å². The van der Waals surface area contributed by atoms with Crippen LogP contribution >= 0.6 is 0 Å². The van der Waals surface area contributed by atoms with Crippen LogP contribution in [0.3, 0.4) is 0 Å². The standard InChI is InChI=1S/C31H37N5O/c1-35-17-4-5-22-37-24-28-23-29(13-12-26(28)7-6-20-36-18-2-3-19-36)33-31-32-16-14-30(34-31)27-10-8-25(9-11-27)15-21-35/h4-5,8-16,21,23H,2-3,6-7,17-20,22,24H2,1H3,(H,32,33,34)/b5-4-,21-15-. The molecule has 4 heterocycles. The van der Waals surface area contributed by atoms with Gasteiger partial charge >= 0.3 is 0 Å². The lowest BCUT2D eigenvalue weighted by Crippen LogP contribution is -2.20. The Balaban J connectivity index is 1.37. The molecule has 0 aliphatic carbocycles. The minimum Gasteiger partial charge on any atom is -0.377 e. The maximum atomic E-state index is 6.08. The summed E-state index contributed by atoms with van der Waals surface area (Å²) in [5.41, 5.74) is 6.67. The number of aryl methyl sites for hydroxylation is 1. The summed E-state index contributed by atoms with van der Waals surface area (Å²) in [6.45, 7) is 5.69. The van der Waals surface area contributed by atoms with Crippen LogP contribution in [0, 0.1) is 0 Å². The fourth-order valence-electron chi connectivity index (χ4n) is 4.88. The van der Waals surface area contributed by atoms with Gasteiger partial charge in [0.05, 0.1) is 18.9 Å². The first-order valence-electron chi connectivity index (χ1n) is 13.4. The monoisotopic (exact) mass is 495 g/mol. The third-order valence-electron chi connectivity index (χ3n) is 7.00. The number of aromatic nitrogens is 2. The number of fused-ring (bicyclic) bond motifs is 8. The highest BCUT2D eigenvalue weighted by molar-refractivity contribution is 5.64. The Morgan fingerprint density at radius 1 is 1.00 bits per heavy atom. The number of ether oxygens (including phenoxy) is 1. The molecule has 37 heavy (non-hydrogen) atoms. The molecule has 192 valence electrons. The fraction of sp³-hybridized carbons (Fsp3) is 0.355. The van der Waals surface area contributed by atoms with Crippen LogP contribution in [0.4, 0.5) is 11.6 Å². The zero-order chi connectivity index (χ0) is 25.3. The van der Waals surface area contributed by atoms with E-state index >= 15 is 0 Å². The van der Waals surface area contributed by atoms with Crippen LogP contribution in [0.1, 0.15) is 36.0 Å². The molecule has 0 amide bonds. The van der Waals surface area contributed by atoms with Gasteiger partial charge in [-0.1, -0.05) is 42.5 Å². The molecule has 0 spiro atoms. The SMILES string of the molecule is CN1/C=C\c2ccc(cc2)-c2ccnc(n2)Nc2ccc(CCCN3CCCC3)c(c2)COC/C=C\C1. The van der Waals surface area contributed by atoms with Gasteiger partial charge in [0.15, 0.2) is 0 Å². The third-order valence-corrected chi connectivity index (χ3v) is 7.00. The van der Waals surface area contributed by atoms with Crippen molar-refractivity contribution in [2.75, 3.05) is 45.2 Å². The van der Waals surface area contributed by atoms with Crippen molar-refractivity contribution in [1.82, 2.24) is 19.8 Å². The van der Waals surface area contributed by atoms with Crippen LogP contribution in [0.15, 0.2) is 73.1 Å². The topological polar surface area (TPSA) is 53.5 Å². The van der Waals surface area contributed by atoms with Gasteiger partial charge < -0.3 is 19.9 Å². The van der Waals surface area contributed by atoms with Gasteiger partial charge in [-0.15, -0.1) is 0 Å². The first-order chi connectivity index (χ1) is 18.2. The van der Waals surface area contributed by atoms with E-state index < -0.39 is 0 Å². The molecule has 6 bridgehead atoms. The minimum absolute atomic E-state index is 0.585. The molecule has 6 heteroatoms. The summed E-state index contributed by atoms with van der Waals surface area (Å²) < 4.78 is 6.08. The predicted octanol–water partition coefficient (Wildman–Crippen LogP) is 5.90. The molecule has 1 fully saturated rings. The van der Waals surface area contributed by atoms with Crippen molar-refractivity contribution >= 4 is 17.7 Å². The summed E-state index contributed by atoms with van der Waals surface area (Å²) in [5, 5.41) is 3.41. The molecule has 6 nitrogen and oxygen atoms in total. The molecule has 0 atom stereocenters. The smallest absolute Gasteiger partial charge is 0.227 e. The maximum Gasteiger partial charge on any atom is 0.227 e. The van der Waals surface area contributed by atoms with Crippen molar-refractivity contribution in [3.8, 4) is 11.3 Å². The highest BCUT2D eigenvalue weighted by Gasteiger charge is 2.12. The lowest BCUT2D eigenvalue weighted by molar-refractivity contribution is 0.148. The van der Waals surface area contributed by atoms with E-state index in [9.17, 15) is 0 Å². The average molecular weight is 496 g/mol. The van der Waals surface area contributed by atoms with Crippen molar-refractivity contribution in [1.29, 1.82) is 0 Å². The molecular weight excluding hydrogens is 458 g/mol. The number of hydrogen-bond donors (Lipinski definition) is 1. The maximum absolute atomic E-state index is 6.08. The van der Waals surface area contributed by atoms with Crippen molar-refractivity contribution < 1.29 is 4.74 Å².